The minimum absolute atomic E-state index is 0.128. The standard InChI is InChI=1S/C17H20FNO/c1-4-19-13(3)14-7-10-17(16(18)11-14)20-15-8-5-12(2)6-9-15/h5-11,13,19H,4H2,1-3H3. The number of nitrogens with one attached hydrogen (secondary N) is 1. The topological polar surface area (TPSA) is 21.3 Å². The molecule has 0 spiro atoms. The van der Waals surface area contributed by atoms with Gasteiger partial charge in [0, 0.05) is 6.04 Å². The van der Waals surface area contributed by atoms with E-state index in [4.69, 9.17) is 4.74 Å². The van der Waals surface area contributed by atoms with Gasteiger partial charge in [-0.25, -0.2) is 4.39 Å². The van der Waals surface area contributed by atoms with Crippen LogP contribution in [0.3, 0.4) is 0 Å². The Bertz CT molecular complexity index is 566. The zero-order valence-electron chi connectivity index (χ0n) is 12.1. The van der Waals surface area contributed by atoms with Gasteiger partial charge in [0.2, 0.25) is 0 Å². The second kappa shape index (κ2) is 6.53. The second-order valence-corrected chi connectivity index (χ2v) is 4.88. The Morgan fingerprint density at radius 2 is 1.85 bits per heavy atom. The minimum atomic E-state index is -0.340. The van der Waals surface area contributed by atoms with E-state index in [9.17, 15) is 4.39 Å². The van der Waals surface area contributed by atoms with E-state index < -0.39 is 0 Å². The highest BCUT2D eigenvalue weighted by atomic mass is 19.1. The Morgan fingerprint density at radius 3 is 2.45 bits per heavy atom. The number of hydrogen-bond acceptors (Lipinski definition) is 2. The van der Waals surface area contributed by atoms with Crippen LogP contribution in [-0.4, -0.2) is 6.54 Å². The maximum atomic E-state index is 14.1. The first-order valence-corrected chi connectivity index (χ1v) is 6.87. The molecular formula is C17H20FNO. The van der Waals surface area contributed by atoms with Crippen LogP contribution >= 0.6 is 0 Å². The third kappa shape index (κ3) is 3.58. The molecule has 0 radical (unpaired) electrons. The smallest absolute Gasteiger partial charge is 0.166 e. The molecule has 2 aromatic carbocycles. The fourth-order valence-corrected chi connectivity index (χ4v) is 2.03. The number of halogens is 1. The van der Waals surface area contributed by atoms with Crippen LogP contribution in [0.4, 0.5) is 4.39 Å². The van der Waals surface area contributed by atoms with Crippen LogP contribution in [0.25, 0.3) is 0 Å². The molecule has 1 unspecified atom stereocenters. The number of benzene rings is 2. The van der Waals surface area contributed by atoms with Crippen molar-refractivity contribution in [2.45, 2.75) is 26.8 Å². The van der Waals surface area contributed by atoms with Gasteiger partial charge < -0.3 is 10.1 Å². The molecule has 1 atom stereocenters. The molecule has 0 bridgehead atoms. The van der Waals surface area contributed by atoms with Gasteiger partial charge >= 0.3 is 0 Å². The monoisotopic (exact) mass is 273 g/mol. The Hall–Kier alpha value is -1.87. The average Bonchev–Trinajstić information content (AvgIpc) is 2.43. The van der Waals surface area contributed by atoms with Crippen molar-refractivity contribution in [2.75, 3.05) is 6.54 Å². The predicted octanol–water partition coefficient (Wildman–Crippen LogP) is 4.60. The van der Waals surface area contributed by atoms with Crippen molar-refractivity contribution < 1.29 is 9.13 Å². The summed E-state index contributed by atoms with van der Waals surface area (Å²) in [6.07, 6.45) is 0. The summed E-state index contributed by atoms with van der Waals surface area (Å²) >= 11 is 0. The summed E-state index contributed by atoms with van der Waals surface area (Å²) < 4.78 is 19.6. The van der Waals surface area contributed by atoms with Gasteiger partial charge in [-0.1, -0.05) is 30.7 Å². The van der Waals surface area contributed by atoms with E-state index in [1.54, 1.807) is 6.07 Å². The highest BCUT2D eigenvalue weighted by Crippen LogP contribution is 2.27. The molecule has 0 aliphatic carbocycles. The lowest BCUT2D eigenvalue weighted by molar-refractivity contribution is 0.440. The maximum absolute atomic E-state index is 14.1. The zero-order valence-corrected chi connectivity index (χ0v) is 12.1. The van der Waals surface area contributed by atoms with Crippen molar-refractivity contribution in [2.24, 2.45) is 0 Å². The fourth-order valence-electron chi connectivity index (χ4n) is 2.03. The summed E-state index contributed by atoms with van der Waals surface area (Å²) in [6, 6.07) is 12.8. The largest absolute Gasteiger partial charge is 0.454 e. The summed E-state index contributed by atoms with van der Waals surface area (Å²) in [6.45, 7) is 6.90. The van der Waals surface area contributed by atoms with E-state index in [2.05, 4.69) is 5.32 Å². The number of hydrogen-bond donors (Lipinski definition) is 1. The van der Waals surface area contributed by atoms with Crippen LogP contribution in [0.5, 0.6) is 11.5 Å². The zero-order chi connectivity index (χ0) is 14.5. The van der Waals surface area contributed by atoms with E-state index >= 15 is 0 Å². The molecule has 0 fully saturated rings. The molecule has 0 aliphatic rings. The number of rotatable bonds is 5. The SMILES string of the molecule is CCNC(C)c1ccc(Oc2ccc(C)cc2)c(F)c1. The van der Waals surface area contributed by atoms with E-state index in [1.807, 2.05) is 51.1 Å². The molecule has 0 aliphatic heterocycles. The Morgan fingerprint density at radius 1 is 1.15 bits per heavy atom. The molecule has 0 saturated carbocycles. The second-order valence-electron chi connectivity index (χ2n) is 4.88. The summed E-state index contributed by atoms with van der Waals surface area (Å²) in [7, 11) is 0. The van der Waals surface area contributed by atoms with Crippen molar-refractivity contribution in [3.05, 3.63) is 59.4 Å². The number of aryl methyl sites for hydroxylation is 1. The summed E-state index contributed by atoms with van der Waals surface area (Å²) in [5, 5.41) is 3.26. The van der Waals surface area contributed by atoms with Crippen molar-refractivity contribution in [3.8, 4) is 11.5 Å². The first-order valence-electron chi connectivity index (χ1n) is 6.87. The third-order valence-corrected chi connectivity index (χ3v) is 3.22. The normalized spacial score (nSPS) is 12.2. The van der Waals surface area contributed by atoms with Crippen LogP contribution in [0.15, 0.2) is 42.5 Å². The van der Waals surface area contributed by atoms with Crippen LogP contribution in [0.1, 0.15) is 31.0 Å². The first kappa shape index (κ1) is 14.5. The van der Waals surface area contributed by atoms with Gasteiger partial charge in [-0.2, -0.15) is 0 Å². The molecule has 2 nitrogen and oxygen atoms in total. The van der Waals surface area contributed by atoms with E-state index in [0.29, 0.717) is 5.75 Å². The van der Waals surface area contributed by atoms with Gasteiger partial charge in [0.25, 0.3) is 0 Å². The summed E-state index contributed by atoms with van der Waals surface area (Å²) in [5.41, 5.74) is 2.06. The van der Waals surface area contributed by atoms with E-state index in [-0.39, 0.29) is 17.6 Å². The molecule has 3 heteroatoms. The van der Waals surface area contributed by atoms with Crippen molar-refractivity contribution in [1.29, 1.82) is 0 Å². The quantitative estimate of drug-likeness (QED) is 0.859. The Balaban J connectivity index is 2.15. The lowest BCUT2D eigenvalue weighted by Gasteiger charge is -2.14. The highest BCUT2D eigenvalue weighted by molar-refractivity contribution is 5.36. The maximum Gasteiger partial charge on any atom is 0.166 e. The fraction of sp³-hybridized carbons (Fsp3) is 0.294. The average molecular weight is 273 g/mol. The lowest BCUT2D eigenvalue weighted by atomic mass is 10.1. The first-order chi connectivity index (χ1) is 9.60. The molecule has 0 saturated heterocycles. The molecule has 106 valence electrons. The van der Waals surface area contributed by atoms with Gasteiger partial charge in [0.15, 0.2) is 11.6 Å². The summed E-state index contributed by atoms with van der Waals surface area (Å²) in [5.74, 6) is 0.552. The molecule has 2 rings (SSSR count). The van der Waals surface area contributed by atoms with Gasteiger partial charge in [0.05, 0.1) is 0 Å². The molecular weight excluding hydrogens is 253 g/mol. The van der Waals surface area contributed by atoms with Gasteiger partial charge in [-0.3, -0.25) is 0 Å². The molecule has 2 aromatic rings. The molecule has 1 N–H and O–H groups in total. The van der Waals surface area contributed by atoms with Crippen LogP contribution in [0.2, 0.25) is 0 Å². The van der Waals surface area contributed by atoms with Crippen LogP contribution in [0, 0.1) is 12.7 Å². The Kier molecular flexibility index (Phi) is 4.74. The van der Waals surface area contributed by atoms with Crippen molar-refractivity contribution in [3.63, 3.8) is 0 Å². The minimum Gasteiger partial charge on any atom is -0.454 e. The predicted molar refractivity (Wildman–Crippen MR) is 79.7 cm³/mol. The van der Waals surface area contributed by atoms with Crippen molar-refractivity contribution >= 4 is 0 Å². The summed E-state index contributed by atoms with van der Waals surface area (Å²) in [4.78, 5) is 0. The van der Waals surface area contributed by atoms with Crippen LogP contribution < -0.4 is 10.1 Å². The molecule has 20 heavy (non-hydrogen) atoms. The molecule has 0 heterocycles. The Labute approximate surface area is 119 Å². The van der Waals surface area contributed by atoms with Gasteiger partial charge in [-0.05, 0) is 50.2 Å². The van der Waals surface area contributed by atoms with Gasteiger partial charge in [0.1, 0.15) is 5.75 Å². The molecule has 0 aromatic heterocycles. The van der Waals surface area contributed by atoms with Gasteiger partial charge in [-0.15, -0.1) is 0 Å². The lowest BCUT2D eigenvalue weighted by Crippen LogP contribution is -2.17. The van der Waals surface area contributed by atoms with Crippen molar-refractivity contribution in [1.82, 2.24) is 5.32 Å². The third-order valence-electron chi connectivity index (χ3n) is 3.22. The van der Waals surface area contributed by atoms with Crippen LogP contribution in [-0.2, 0) is 0 Å². The highest BCUT2D eigenvalue weighted by Gasteiger charge is 2.09. The van der Waals surface area contributed by atoms with E-state index in [0.717, 1.165) is 17.7 Å². The number of ether oxygens (including phenoxy) is 1. The van der Waals surface area contributed by atoms with E-state index in [1.165, 1.54) is 6.07 Å². The molecule has 0 amide bonds.